The zero-order chi connectivity index (χ0) is 10.8. The van der Waals surface area contributed by atoms with Gasteiger partial charge in [-0.1, -0.05) is 11.5 Å². The minimum absolute atomic E-state index is 0.204. The van der Waals surface area contributed by atoms with Crippen molar-refractivity contribution in [2.24, 2.45) is 0 Å². The summed E-state index contributed by atoms with van der Waals surface area (Å²) in [5.41, 5.74) is -1.11. The van der Waals surface area contributed by atoms with E-state index in [4.69, 9.17) is 0 Å². The van der Waals surface area contributed by atoms with Crippen molar-refractivity contribution in [2.75, 3.05) is 7.11 Å². The number of carbonyl (C=O) groups excluding carboxylic acids is 1. The van der Waals surface area contributed by atoms with Crippen LogP contribution in [0.3, 0.4) is 0 Å². The SMILES string of the molecule is COC(=O)c1cncc([B-](F)(F)F)c1. The Bertz CT molecular complexity index is 353. The van der Waals surface area contributed by atoms with Crippen LogP contribution in [0.5, 0.6) is 0 Å². The van der Waals surface area contributed by atoms with Gasteiger partial charge in [0.1, 0.15) is 0 Å². The molecule has 0 atom stereocenters. The monoisotopic (exact) mass is 204 g/mol. The lowest BCUT2D eigenvalue weighted by molar-refractivity contribution is 0.0600. The van der Waals surface area contributed by atoms with Crippen molar-refractivity contribution in [1.29, 1.82) is 0 Å². The van der Waals surface area contributed by atoms with Crippen LogP contribution in [0.1, 0.15) is 10.4 Å². The fourth-order valence-electron chi connectivity index (χ4n) is 0.866. The minimum atomic E-state index is -5.13. The number of nitrogens with zero attached hydrogens (tertiary/aromatic N) is 1. The van der Waals surface area contributed by atoms with Crippen LogP contribution in [0.4, 0.5) is 12.9 Å². The zero-order valence-corrected chi connectivity index (χ0v) is 7.21. The van der Waals surface area contributed by atoms with Crippen molar-refractivity contribution >= 4 is 18.4 Å². The van der Waals surface area contributed by atoms with Gasteiger partial charge in [-0.3, -0.25) is 4.98 Å². The Labute approximate surface area is 78.0 Å². The molecule has 1 rings (SSSR count). The lowest BCUT2D eigenvalue weighted by Gasteiger charge is -2.14. The van der Waals surface area contributed by atoms with Crippen molar-refractivity contribution in [3.63, 3.8) is 0 Å². The van der Waals surface area contributed by atoms with Crippen molar-refractivity contribution in [3.05, 3.63) is 24.0 Å². The molecular weight excluding hydrogens is 198 g/mol. The van der Waals surface area contributed by atoms with Gasteiger partial charge in [0.05, 0.1) is 12.7 Å². The van der Waals surface area contributed by atoms with E-state index in [0.29, 0.717) is 6.20 Å². The number of aromatic nitrogens is 1. The smallest absolute Gasteiger partial charge is 0.465 e. The first kappa shape index (κ1) is 10.6. The maximum Gasteiger partial charge on any atom is 0.511 e. The van der Waals surface area contributed by atoms with Gasteiger partial charge in [0.15, 0.2) is 0 Å². The Balaban J connectivity index is 3.08. The van der Waals surface area contributed by atoms with Crippen LogP contribution in [-0.4, -0.2) is 25.0 Å². The average molecular weight is 204 g/mol. The van der Waals surface area contributed by atoms with Crippen molar-refractivity contribution in [2.45, 2.75) is 0 Å². The van der Waals surface area contributed by atoms with E-state index in [1.165, 1.54) is 0 Å². The molecule has 0 spiro atoms. The molecule has 1 heterocycles. The first-order chi connectivity index (χ1) is 6.45. The number of esters is 1. The third-order valence-corrected chi connectivity index (χ3v) is 1.56. The highest BCUT2D eigenvalue weighted by Crippen LogP contribution is 2.09. The largest absolute Gasteiger partial charge is 0.511 e. The van der Waals surface area contributed by atoms with Crippen LogP contribution < -0.4 is 5.46 Å². The second-order valence-corrected chi connectivity index (χ2v) is 2.57. The highest BCUT2D eigenvalue weighted by atomic mass is 19.4. The van der Waals surface area contributed by atoms with Gasteiger partial charge in [0.25, 0.3) is 0 Å². The first-order valence-electron chi connectivity index (χ1n) is 3.68. The van der Waals surface area contributed by atoms with Gasteiger partial charge in [-0.2, -0.15) is 0 Å². The third-order valence-electron chi connectivity index (χ3n) is 1.56. The fraction of sp³-hybridized carbons (Fsp3) is 0.143. The maximum absolute atomic E-state index is 12.2. The lowest BCUT2D eigenvalue weighted by Crippen LogP contribution is -2.34. The Morgan fingerprint density at radius 1 is 1.43 bits per heavy atom. The molecule has 1 aromatic rings. The summed E-state index contributed by atoms with van der Waals surface area (Å²) < 4.78 is 40.9. The van der Waals surface area contributed by atoms with Gasteiger partial charge in [0, 0.05) is 6.20 Å². The van der Waals surface area contributed by atoms with Gasteiger partial charge in [-0.05, 0) is 6.20 Å². The fourth-order valence-corrected chi connectivity index (χ4v) is 0.866. The van der Waals surface area contributed by atoms with Gasteiger partial charge in [-0.25, -0.2) is 4.79 Å². The molecule has 0 aliphatic rings. The second-order valence-electron chi connectivity index (χ2n) is 2.57. The Hall–Kier alpha value is -1.53. The van der Waals surface area contributed by atoms with E-state index in [-0.39, 0.29) is 5.56 Å². The Morgan fingerprint density at radius 3 is 2.57 bits per heavy atom. The lowest BCUT2D eigenvalue weighted by atomic mass is 9.81. The molecule has 0 unspecified atom stereocenters. The average Bonchev–Trinajstić information content (AvgIpc) is 2.15. The molecule has 7 heteroatoms. The number of ether oxygens (including phenoxy) is 1. The molecule has 0 aliphatic heterocycles. The van der Waals surface area contributed by atoms with E-state index in [2.05, 4.69) is 9.72 Å². The number of carbonyl (C=O) groups is 1. The van der Waals surface area contributed by atoms with E-state index in [1.807, 2.05) is 0 Å². The number of pyridine rings is 1. The molecule has 0 N–H and O–H groups in total. The summed E-state index contributed by atoms with van der Waals surface area (Å²) in [6.07, 6.45) is 1.70. The van der Waals surface area contributed by atoms with E-state index in [0.717, 1.165) is 19.4 Å². The molecule has 0 aromatic carbocycles. The molecule has 1 aromatic heterocycles. The topological polar surface area (TPSA) is 39.2 Å². The molecular formula is C7H6BF3NO2-. The van der Waals surface area contributed by atoms with Crippen LogP contribution in [0.15, 0.2) is 18.5 Å². The number of halogens is 3. The number of hydrogen-bond donors (Lipinski definition) is 0. The van der Waals surface area contributed by atoms with Crippen molar-refractivity contribution in [1.82, 2.24) is 4.98 Å². The summed E-state index contributed by atoms with van der Waals surface area (Å²) in [6.45, 7) is -5.13. The molecule has 14 heavy (non-hydrogen) atoms. The maximum atomic E-state index is 12.2. The van der Waals surface area contributed by atoms with E-state index >= 15 is 0 Å². The molecule has 0 bridgehead atoms. The Kier molecular flexibility index (Phi) is 2.78. The molecule has 0 radical (unpaired) electrons. The predicted molar refractivity (Wildman–Crippen MR) is 44.3 cm³/mol. The zero-order valence-electron chi connectivity index (χ0n) is 7.21. The third kappa shape index (κ3) is 2.24. The second kappa shape index (κ2) is 3.69. The summed E-state index contributed by atoms with van der Waals surface area (Å²) in [5, 5.41) is 0. The molecule has 0 saturated heterocycles. The van der Waals surface area contributed by atoms with Crippen LogP contribution >= 0.6 is 0 Å². The molecule has 0 fully saturated rings. The predicted octanol–water partition coefficient (Wildman–Crippen LogP) is 0.923. The standard InChI is InChI=1S/C7H6BF3NO2/c1-14-7(13)5-2-6(4-12-3-5)8(9,10)11/h2-4H,1H3/q-1. The summed E-state index contributed by atoms with van der Waals surface area (Å²) in [7, 11) is 1.09. The molecule has 76 valence electrons. The normalized spacial score (nSPS) is 11.1. The van der Waals surface area contributed by atoms with Crippen LogP contribution in [-0.2, 0) is 4.74 Å². The van der Waals surface area contributed by atoms with Crippen molar-refractivity contribution in [3.8, 4) is 0 Å². The summed E-state index contributed by atoms with van der Waals surface area (Å²) >= 11 is 0. The van der Waals surface area contributed by atoms with E-state index < -0.39 is 18.4 Å². The van der Waals surface area contributed by atoms with E-state index in [1.54, 1.807) is 0 Å². The highest BCUT2D eigenvalue weighted by Gasteiger charge is 2.26. The molecule has 0 saturated carbocycles. The van der Waals surface area contributed by atoms with Crippen LogP contribution in [0.25, 0.3) is 0 Å². The highest BCUT2D eigenvalue weighted by molar-refractivity contribution is 6.73. The summed E-state index contributed by atoms with van der Waals surface area (Å²) in [5.74, 6) is -0.834. The minimum Gasteiger partial charge on any atom is -0.465 e. The van der Waals surface area contributed by atoms with Gasteiger partial charge >= 0.3 is 12.9 Å². The number of rotatable bonds is 2. The summed E-state index contributed by atoms with van der Waals surface area (Å²) in [4.78, 5) is 14.2. The van der Waals surface area contributed by atoms with Crippen LogP contribution in [0.2, 0.25) is 0 Å². The number of methoxy groups -OCH3 is 1. The van der Waals surface area contributed by atoms with Gasteiger partial charge < -0.3 is 17.7 Å². The van der Waals surface area contributed by atoms with Gasteiger partial charge in [-0.15, -0.1) is 0 Å². The molecule has 3 nitrogen and oxygen atoms in total. The first-order valence-corrected chi connectivity index (χ1v) is 3.68. The summed E-state index contributed by atoms with van der Waals surface area (Å²) in [6, 6.07) is 0.721. The van der Waals surface area contributed by atoms with Crippen LogP contribution in [0, 0.1) is 0 Å². The van der Waals surface area contributed by atoms with E-state index in [9.17, 15) is 17.7 Å². The molecule has 0 aliphatic carbocycles. The number of hydrogen-bond acceptors (Lipinski definition) is 3. The quantitative estimate of drug-likeness (QED) is 0.531. The van der Waals surface area contributed by atoms with Crippen molar-refractivity contribution < 1.29 is 22.5 Å². The van der Waals surface area contributed by atoms with Gasteiger partial charge in [0.2, 0.25) is 0 Å². The Morgan fingerprint density at radius 2 is 2.07 bits per heavy atom. The molecule has 0 amide bonds.